The van der Waals surface area contributed by atoms with Crippen LogP contribution < -0.4 is 5.32 Å². The molecule has 2 rings (SSSR count). The minimum absolute atomic E-state index is 0.112. The molecule has 0 saturated heterocycles. The van der Waals surface area contributed by atoms with Crippen LogP contribution >= 0.6 is 0 Å². The summed E-state index contributed by atoms with van der Waals surface area (Å²) in [7, 11) is 0. The summed E-state index contributed by atoms with van der Waals surface area (Å²) in [5.41, 5.74) is 1.54. The van der Waals surface area contributed by atoms with Crippen molar-refractivity contribution in [2.45, 2.75) is 45.6 Å². The van der Waals surface area contributed by atoms with Gasteiger partial charge in [0.25, 0.3) is 5.91 Å². The number of carbonyl (C=O) groups excluding carboxylic acids is 1. The molecule has 102 valence electrons. The molecule has 0 atom stereocenters. The number of carbonyl (C=O) groups is 2. The van der Waals surface area contributed by atoms with Gasteiger partial charge in [0, 0.05) is 5.54 Å². The van der Waals surface area contributed by atoms with E-state index >= 15 is 0 Å². The van der Waals surface area contributed by atoms with Crippen LogP contribution in [0.15, 0.2) is 12.1 Å². The topological polar surface area (TPSA) is 66.4 Å². The van der Waals surface area contributed by atoms with Crippen molar-refractivity contribution in [1.29, 1.82) is 0 Å². The molecule has 1 fully saturated rings. The van der Waals surface area contributed by atoms with Crippen molar-refractivity contribution in [2.24, 2.45) is 0 Å². The Hall–Kier alpha value is -1.84. The molecule has 0 heterocycles. The van der Waals surface area contributed by atoms with E-state index in [-0.39, 0.29) is 17.0 Å². The Morgan fingerprint density at radius 1 is 1.16 bits per heavy atom. The summed E-state index contributed by atoms with van der Waals surface area (Å²) in [6.07, 6.45) is 3.01. The van der Waals surface area contributed by atoms with Crippen molar-refractivity contribution in [2.75, 3.05) is 0 Å². The van der Waals surface area contributed by atoms with Gasteiger partial charge >= 0.3 is 5.97 Å². The highest BCUT2D eigenvalue weighted by Crippen LogP contribution is 2.31. The van der Waals surface area contributed by atoms with E-state index < -0.39 is 5.97 Å². The summed E-state index contributed by atoms with van der Waals surface area (Å²) in [4.78, 5) is 23.7. The standard InChI is InChI=1S/C15H19NO3/c1-9-5-6-10(2)12(14(18)19)11(9)13(17)16-15(3)7-4-8-15/h5-6H,4,7-8H2,1-3H3,(H,16,17)(H,18,19). The Morgan fingerprint density at radius 2 is 1.68 bits per heavy atom. The van der Waals surface area contributed by atoms with E-state index in [1.165, 1.54) is 0 Å². The minimum Gasteiger partial charge on any atom is -0.478 e. The molecule has 0 aromatic heterocycles. The lowest BCUT2D eigenvalue weighted by Crippen LogP contribution is -2.51. The smallest absolute Gasteiger partial charge is 0.336 e. The van der Waals surface area contributed by atoms with E-state index in [0.29, 0.717) is 16.7 Å². The molecule has 2 N–H and O–H groups in total. The first-order chi connectivity index (χ1) is 8.84. The molecule has 4 heteroatoms. The highest BCUT2D eigenvalue weighted by molar-refractivity contribution is 6.07. The monoisotopic (exact) mass is 261 g/mol. The molecule has 1 saturated carbocycles. The SMILES string of the molecule is Cc1ccc(C)c(C(=O)NC2(C)CCC2)c1C(=O)O. The van der Waals surface area contributed by atoms with Gasteiger partial charge in [0.2, 0.25) is 0 Å². The zero-order valence-corrected chi connectivity index (χ0v) is 11.5. The summed E-state index contributed by atoms with van der Waals surface area (Å²) in [5.74, 6) is -1.33. The quantitative estimate of drug-likeness (QED) is 0.879. The molecule has 1 aromatic carbocycles. The van der Waals surface area contributed by atoms with Crippen molar-refractivity contribution in [3.8, 4) is 0 Å². The van der Waals surface area contributed by atoms with Crippen LogP contribution in [0.5, 0.6) is 0 Å². The van der Waals surface area contributed by atoms with Crippen molar-refractivity contribution in [3.05, 3.63) is 34.4 Å². The molecule has 0 bridgehead atoms. The number of benzene rings is 1. The number of hydrogen-bond donors (Lipinski definition) is 2. The molecule has 1 aromatic rings. The lowest BCUT2D eigenvalue weighted by atomic mass is 9.78. The first kappa shape index (κ1) is 13.6. The zero-order chi connectivity index (χ0) is 14.2. The Bertz CT molecular complexity index is 545. The van der Waals surface area contributed by atoms with Gasteiger partial charge in [-0.3, -0.25) is 4.79 Å². The molecule has 19 heavy (non-hydrogen) atoms. The van der Waals surface area contributed by atoms with Gasteiger partial charge in [0.1, 0.15) is 0 Å². The van der Waals surface area contributed by atoms with Crippen LogP contribution in [0.1, 0.15) is 58.0 Å². The van der Waals surface area contributed by atoms with Crippen LogP contribution in [0, 0.1) is 13.8 Å². The number of rotatable bonds is 3. The number of amides is 1. The Kier molecular flexibility index (Phi) is 3.35. The highest BCUT2D eigenvalue weighted by Gasteiger charge is 2.34. The Morgan fingerprint density at radius 3 is 2.11 bits per heavy atom. The summed E-state index contributed by atoms with van der Waals surface area (Å²) < 4.78 is 0. The normalized spacial score (nSPS) is 16.6. The molecule has 0 spiro atoms. The number of carboxylic acids is 1. The van der Waals surface area contributed by atoms with Gasteiger partial charge < -0.3 is 10.4 Å². The Labute approximate surface area is 112 Å². The van der Waals surface area contributed by atoms with Crippen LogP contribution in [0.25, 0.3) is 0 Å². The van der Waals surface area contributed by atoms with Crippen molar-refractivity contribution >= 4 is 11.9 Å². The van der Waals surface area contributed by atoms with Gasteiger partial charge in [-0.15, -0.1) is 0 Å². The van der Waals surface area contributed by atoms with Gasteiger partial charge in [-0.2, -0.15) is 0 Å². The number of hydrogen-bond acceptors (Lipinski definition) is 2. The molecular formula is C15H19NO3. The number of nitrogens with one attached hydrogen (secondary N) is 1. The van der Waals surface area contributed by atoms with Crippen LogP contribution in [-0.2, 0) is 0 Å². The number of carboxylic acid groups (broad SMARTS) is 1. The van der Waals surface area contributed by atoms with Gasteiger partial charge in [0.05, 0.1) is 11.1 Å². The van der Waals surface area contributed by atoms with E-state index in [2.05, 4.69) is 5.32 Å². The zero-order valence-electron chi connectivity index (χ0n) is 11.5. The van der Waals surface area contributed by atoms with Crippen LogP contribution in [0.4, 0.5) is 0 Å². The maximum absolute atomic E-state index is 12.4. The second-order valence-electron chi connectivity index (χ2n) is 5.62. The fraction of sp³-hybridized carbons (Fsp3) is 0.467. The fourth-order valence-corrected chi connectivity index (χ4v) is 2.55. The van der Waals surface area contributed by atoms with E-state index in [1.54, 1.807) is 26.0 Å². The molecule has 1 aliphatic carbocycles. The molecule has 1 aliphatic rings. The molecule has 1 amide bonds. The molecule has 0 unspecified atom stereocenters. The maximum Gasteiger partial charge on any atom is 0.336 e. The van der Waals surface area contributed by atoms with Gasteiger partial charge in [-0.25, -0.2) is 4.79 Å². The summed E-state index contributed by atoms with van der Waals surface area (Å²) in [5, 5.41) is 12.3. The molecule has 4 nitrogen and oxygen atoms in total. The summed E-state index contributed by atoms with van der Waals surface area (Å²) in [6.45, 7) is 5.48. The van der Waals surface area contributed by atoms with E-state index in [4.69, 9.17) is 0 Å². The average molecular weight is 261 g/mol. The van der Waals surface area contributed by atoms with E-state index in [9.17, 15) is 14.7 Å². The highest BCUT2D eigenvalue weighted by atomic mass is 16.4. The third-order valence-electron chi connectivity index (χ3n) is 3.94. The van der Waals surface area contributed by atoms with Gasteiger partial charge in [-0.05, 0) is 51.2 Å². The first-order valence-corrected chi connectivity index (χ1v) is 6.50. The predicted octanol–water partition coefficient (Wildman–Crippen LogP) is 2.67. The predicted molar refractivity (Wildman–Crippen MR) is 72.6 cm³/mol. The maximum atomic E-state index is 12.4. The van der Waals surface area contributed by atoms with Crippen LogP contribution in [0.3, 0.4) is 0 Å². The van der Waals surface area contributed by atoms with Gasteiger partial charge in [0.15, 0.2) is 0 Å². The number of aromatic carboxylic acids is 1. The number of aryl methyl sites for hydroxylation is 2. The third-order valence-corrected chi connectivity index (χ3v) is 3.94. The van der Waals surface area contributed by atoms with Crippen molar-refractivity contribution in [3.63, 3.8) is 0 Å². The summed E-state index contributed by atoms with van der Waals surface area (Å²) in [6, 6.07) is 3.53. The van der Waals surface area contributed by atoms with Gasteiger partial charge in [-0.1, -0.05) is 12.1 Å². The first-order valence-electron chi connectivity index (χ1n) is 6.50. The van der Waals surface area contributed by atoms with Crippen molar-refractivity contribution in [1.82, 2.24) is 5.32 Å². The fourth-order valence-electron chi connectivity index (χ4n) is 2.55. The van der Waals surface area contributed by atoms with Crippen molar-refractivity contribution < 1.29 is 14.7 Å². The molecular weight excluding hydrogens is 242 g/mol. The average Bonchev–Trinajstić information content (AvgIpc) is 2.29. The Balaban J connectivity index is 2.40. The second kappa shape index (κ2) is 4.68. The van der Waals surface area contributed by atoms with Crippen LogP contribution in [-0.4, -0.2) is 22.5 Å². The second-order valence-corrected chi connectivity index (χ2v) is 5.62. The minimum atomic E-state index is -1.05. The lowest BCUT2D eigenvalue weighted by molar-refractivity contribution is 0.0685. The van der Waals surface area contributed by atoms with E-state index in [0.717, 1.165) is 19.3 Å². The van der Waals surface area contributed by atoms with E-state index in [1.807, 2.05) is 6.92 Å². The summed E-state index contributed by atoms with van der Waals surface area (Å²) >= 11 is 0. The molecule has 0 radical (unpaired) electrons. The third kappa shape index (κ3) is 2.48. The van der Waals surface area contributed by atoms with Crippen LogP contribution in [0.2, 0.25) is 0 Å². The molecule has 0 aliphatic heterocycles. The largest absolute Gasteiger partial charge is 0.478 e. The lowest BCUT2D eigenvalue weighted by Gasteiger charge is -2.39.